The molecule has 92 valence electrons. The third-order valence-electron chi connectivity index (χ3n) is 3.71. The van der Waals surface area contributed by atoms with Gasteiger partial charge in [-0.2, -0.15) is 4.98 Å². The Morgan fingerprint density at radius 3 is 2.82 bits per heavy atom. The van der Waals surface area contributed by atoms with Gasteiger partial charge >= 0.3 is 0 Å². The third-order valence-corrected chi connectivity index (χ3v) is 3.71. The van der Waals surface area contributed by atoms with Crippen LogP contribution in [0.3, 0.4) is 0 Å². The van der Waals surface area contributed by atoms with Crippen molar-refractivity contribution < 1.29 is 4.74 Å². The van der Waals surface area contributed by atoms with Crippen molar-refractivity contribution in [3.05, 3.63) is 18.2 Å². The van der Waals surface area contributed by atoms with E-state index in [9.17, 15) is 0 Å². The number of rotatable bonds is 3. The number of pyridine rings is 1. The second kappa shape index (κ2) is 4.53. The maximum absolute atomic E-state index is 5.45. The van der Waals surface area contributed by atoms with E-state index >= 15 is 0 Å². The normalized spacial score (nSPS) is 27.2. The summed E-state index contributed by atoms with van der Waals surface area (Å²) in [5.41, 5.74) is 0. The Balaban J connectivity index is 1.74. The minimum atomic E-state index is 0.672. The minimum Gasteiger partial charge on any atom is -0.478 e. The SMILES string of the molecule is CCOc1cccc(N2CC3CNCC3C2)n1. The number of hydrogen-bond donors (Lipinski definition) is 1. The molecule has 4 nitrogen and oxygen atoms in total. The Labute approximate surface area is 102 Å². The summed E-state index contributed by atoms with van der Waals surface area (Å²) in [7, 11) is 0. The van der Waals surface area contributed by atoms with Crippen LogP contribution in [0.1, 0.15) is 6.92 Å². The van der Waals surface area contributed by atoms with E-state index in [-0.39, 0.29) is 0 Å². The molecule has 0 bridgehead atoms. The van der Waals surface area contributed by atoms with Crippen LogP contribution in [0.15, 0.2) is 18.2 Å². The van der Waals surface area contributed by atoms with Gasteiger partial charge in [-0.15, -0.1) is 0 Å². The Morgan fingerprint density at radius 1 is 1.35 bits per heavy atom. The third kappa shape index (κ3) is 2.09. The lowest BCUT2D eigenvalue weighted by Crippen LogP contribution is -2.26. The highest BCUT2D eigenvalue weighted by molar-refractivity contribution is 5.42. The van der Waals surface area contributed by atoms with E-state index in [1.807, 2.05) is 19.1 Å². The zero-order valence-electron chi connectivity index (χ0n) is 10.2. The Morgan fingerprint density at radius 2 is 2.12 bits per heavy atom. The van der Waals surface area contributed by atoms with Gasteiger partial charge in [0, 0.05) is 32.2 Å². The fraction of sp³-hybridized carbons (Fsp3) is 0.615. The van der Waals surface area contributed by atoms with Gasteiger partial charge in [0.15, 0.2) is 0 Å². The molecule has 0 saturated carbocycles. The summed E-state index contributed by atoms with van der Waals surface area (Å²) in [6, 6.07) is 6.03. The molecule has 1 aromatic rings. The number of fused-ring (bicyclic) bond motifs is 1. The summed E-state index contributed by atoms with van der Waals surface area (Å²) in [5.74, 6) is 3.39. The highest BCUT2D eigenvalue weighted by atomic mass is 16.5. The molecule has 1 N–H and O–H groups in total. The van der Waals surface area contributed by atoms with Crippen molar-refractivity contribution in [3.63, 3.8) is 0 Å². The van der Waals surface area contributed by atoms with Crippen molar-refractivity contribution in [1.29, 1.82) is 0 Å². The Kier molecular flexibility index (Phi) is 2.89. The van der Waals surface area contributed by atoms with Crippen molar-refractivity contribution in [2.24, 2.45) is 11.8 Å². The molecule has 2 fully saturated rings. The van der Waals surface area contributed by atoms with Gasteiger partial charge in [0.25, 0.3) is 0 Å². The summed E-state index contributed by atoms with van der Waals surface area (Å²) >= 11 is 0. The predicted molar refractivity (Wildman–Crippen MR) is 67.5 cm³/mol. The lowest BCUT2D eigenvalue weighted by molar-refractivity contribution is 0.327. The fourth-order valence-electron chi connectivity index (χ4n) is 2.85. The van der Waals surface area contributed by atoms with Crippen LogP contribution in [0.4, 0.5) is 5.82 Å². The van der Waals surface area contributed by atoms with Gasteiger partial charge < -0.3 is 15.0 Å². The highest BCUT2D eigenvalue weighted by Gasteiger charge is 2.36. The number of ether oxygens (including phenoxy) is 1. The van der Waals surface area contributed by atoms with Crippen LogP contribution in [0.5, 0.6) is 5.88 Å². The first-order chi connectivity index (χ1) is 8.36. The molecule has 0 amide bonds. The zero-order valence-corrected chi connectivity index (χ0v) is 10.2. The van der Waals surface area contributed by atoms with E-state index in [4.69, 9.17) is 4.74 Å². The first-order valence-corrected chi connectivity index (χ1v) is 6.42. The molecule has 17 heavy (non-hydrogen) atoms. The molecule has 0 spiro atoms. The number of nitrogens with zero attached hydrogens (tertiary/aromatic N) is 2. The fourth-order valence-corrected chi connectivity index (χ4v) is 2.85. The maximum Gasteiger partial charge on any atom is 0.215 e. The van der Waals surface area contributed by atoms with Gasteiger partial charge in [0.1, 0.15) is 5.82 Å². The first kappa shape index (κ1) is 10.8. The molecule has 2 aliphatic heterocycles. The predicted octanol–water partition coefficient (Wildman–Crippen LogP) is 1.14. The molecular weight excluding hydrogens is 214 g/mol. The molecule has 3 rings (SSSR count). The van der Waals surface area contributed by atoms with Crippen molar-refractivity contribution in [3.8, 4) is 5.88 Å². The van der Waals surface area contributed by atoms with Gasteiger partial charge in [-0.25, -0.2) is 0 Å². The van der Waals surface area contributed by atoms with E-state index in [0.717, 1.165) is 49.7 Å². The molecule has 0 aromatic carbocycles. The summed E-state index contributed by atoms with van der Waals surface area (Å²) in [6.07, 6.45) is 0. The zero-order chi connectivity index (χ0) is 11.7. The summed E-state index contributed by atoms with van der Waals surface area (Å²) in [4.78, 5) is 6.94. The smallest absolute Gasteiger partial charge is 0.215 e. The Bertz CT molecular complexity index is 384. The Hall–Kier alpha value is -1.29. The average molecular weight is 233 g/mol. The molecule has 3 heterocycles. The number of nitrogens with one attached hydrogen (secondary N) is 1. The second-order valence-corrected chi connectivity index (χ2v) is 4.85. The number of anilines is 1. The first-order valence-electron chi connectivity index (χ1n) is 6.42. The molecule has 1 aromatic heterocycles. The van der Waals surface area contributed by atoms with E-state index < -0.39 is 0 Å². The van der Waals surface area contributed by atoms with Crippen LogP contribution in [0.25, 0.3) is 0 Å². The molecule has 0 radical (unpaired) electrons. The van der Waals surface area contributed by atoms with Crippen molar-refractivity contribution in [2.75, 3.05) is 37.7 Å². The van der Waals surface area contributed by atoms with Crippen LogP contribution >= 0.6 is 0 Å². The van der Waals surface area contributed by atoms with Gasteiger partial charge in [0.2, 0.25) is 5.88 Å². The van der Waals surface area contributed by atoms with Crippen molar-refractivity contribution >= 4 is 5.82 Å². The lowest BCUT2D eigenvalue weighted by atomic mass is 10.0. The number of aromatic nitrogens is 1. The average Bonchev–Trinajstić information content (AvgIpc) is 2.89. The van der Waals surface area contributed by atoms with E-state index in [1.54, 1.807) is 0 Å². The van der Waals surface area contributed by atoms with Crippen LogP contribution in [0, 0.1) is 11.8 Å². The van der Waals surface area contributed by atoms with Gasteiger partial charge in [-0.3, -0.25) is 0 Å². The lowest BCUT2D eigenvalue weighted by Gasteiger charge is -2.19. The molecule has 2 atom stereocenters. The molecule has 2 saturated heterocycles. The summed E-state index contributed by atoms with van der Waals surface area (Å²) in [5, 5.41) is 3.46. The summed E-state index contributed by atoms with van der Waals surface area (Å²) in [6.45, 7) is 7.23. The molecule has 2 unspecified atom stereocenters. The maximum atomic E-state index is 5.45. The van der Waals surface area contributed by atoms with E-state index in [2.05, 4.69) is 21.3 Å². The van der Waals surface area contributed by atoms with Crippen LogP contribution in [-0.4, -0.2) is 37.8 Å². The van der Waals surface area contributed by atoms with Crippen LogP contribution < -0.4 is 15.0 Å². The molecular formula is C13H19N3O. The molecule has 4 heteroatoms. The van der Waals surface area contributed by atoms with Gasteiger partial charge in [0.05, 0.1) is 6.61 Å². The number of hydrogen-bond acceptors (Lipinski definition) is 4. The largest absolute Gasteiger partial charge is 0.478 e. The highest BCUT2D eigenvalue weighted by Crippen LogP contribution is 2.30. The van der Waals surface area contributed by atoms with E-state index in [0.29, 0.717) is 6.61 Å². The topological polar surface area (TPSA) is 37.4 Å². The van der Waals surface area contributed by atoms with Gasteiger partial charge in [-0.1, -0.05) is 6.07 Å². The van der Waals surface area contributed by atoms with Crippen molar-refractivity contribution in [2.45, 2.75) is 6.92 Å². The summed E-state index contributed by atoms with van der Waals surface area (Å²) < 4.78 is 5.45. The molecule has 0 aliphatic carbocycles. The standard InChI is InChI=1S/C13H19N3O/c1-2-17-13-5-3-4-12(15-13)16-8-10-6-14-7-11(10)9-16/h3-5,10-11,14H,2,6-9H2,1H3. The van der Waals surface area contributed by atoms with Crippen molar-refractivity contribution in [1.82, 2.24) is 10.3 Å². The van der Waals surface area contributed by atoms with Crippen LogP contribution in [0.2, 0.25) is 0 Å². The quantitative estimate of drug-likeness (QED) is 0.849. The monoisotopic (exact) mass is 233 g/mol. The molecule has 2 aliphatic rings. The van der Waals surface area contributed by atoms with Gasteiger partial charge in [-0.05, 0) is 24.8 Å². The minimum absolute atomic E-state index is 0.672. The van der Waals surface area contributed by atoms with E-state index in [1.165, 1.54) is 0 Å². The second-order valence-electron chi connectivity index (χ2n) is 4.85. The van der Waals surface area contributed by atoms with Crippen LogP contribution in [-0.2, 0) is 0 Å².